The standard InChI is InChI=1S/C11H15N3O4S/c1-12-9-3-2-4-10(11(9)14(15)16)13-5-7-19(17,18)8-6-13/h2-4,12H,5-8H2,1H3. The average Bonchev–Trinajstić information content (AvgIpc) is 2.37. The van der Waals surface area contributed by atoms with Crippen molar-refractivity contribution < 1.29 is 13.3 Å². The fourth-order valence-electron chi connectivity index (χ4n) is 2.13. The molecule has 104 valence electrons. The number of hydrogen-bond donors (Lipinski definition) is 1. The maximum Gasteiger partial charge on any atom is 0.315 e. The lowest BCUT2D eigenvalue weighted by molar-refractivity contribution is -0.383. The Morgan fingerprint density at radius 2 is 1.95 bits per heavy atom. The Hall–Kier alpha value is -1.83. The fraction of sp³-hybridized carbons (Fsp3) is 0.455. The van der Waals surface area contributed by atoms with Crippen molar-refractivity contribution in [2.24, 2.45) is 0 Å². The predicted octanol–water partition coefficient (Wildman–Crippen LogP) is 0.871. The molecule has 1 aliphatic rings. The van der Waals surface area contributed by atoms with Crippen LogP contribution in [0, 0.1) is 10.1 Å². The van der Waals surface area contributed by atoms with Crippen LogP contribution in [0.2, 0.25) is 0 Å². The van der Waals surface area contributed by atoms with Gasteiger partial charge in [-0.25, -0.2) is 8.42 Å². The third kappa shape index (κ3) is 2.78. The van der Waals surface area contributed by atoms with Crippen LogP contribution < -0.4 is 10.2 Å². The van der Waals surface area contributed by atoms with Crippen molar-refractivity contribution in [1.82, 2.24) is 0 Å². The quantitative estimate of drug-likeness (QED) is 0.654. The summed E-state index contributed by atoms with van der Waals surface area (Å²) in [5.74, 6) is 0.0713. The summed E-state index contributed by atoms with van der Waals surface area (Å²) in [5.41, 5.74) is 0.881. The molecule has 1 saturated heterocycles. The van der Waals surface area contributed by atoms with Crippen molar-refractivity contribution in [1.29, 1.82) is 0 Å². The normalized spacial score (nSPS) is 18.1. The van der Waals surface area contributed by atoms with E-state index < -0.39 is 14.8 Å². The number of nitrogens with one attached hydrogen (secondary N) is 1. The Balaban J connectivity index is 2.38. The van der Waals surface area contributed by atoms with Crippen LogP contribution in [-0.2, 0) is 9.84 Å². The minimum Gasteiger partial charge on any atom is -0.382 e. The molecule has 0 atom stereocenters. The van der Waals surface area contributed by atoms with E-state index >= 15 is 0 Å². The van der Waals surface area contributed by atoms with Gasteiger partial charge in [0.2, 0.25) is 0 Å². The highest BCUT2D eigenvalue weighted by Crippen LogP contribution is 2.35. The topological polar surface area (TPSA) is 92.6 Å². The summed E-state index contributed by atoms with van der Waals surface area (Å²) in [7, 11) is -1.38. The Bertz CT molecular complexity index is 586. The summed E-state index contributed by atoms with van der Waals surface area (Å²) in [4.78, 5) is 12.5. The smallest absolute Gasteiger partial charge is 0.315 e. The second-order valence-corrected chi connectivity index (χ2v) is 6.62. The molecule has 8 heteroatoms. The monoisotopic (exact) mass is 285 g/mol. The molecule has 0 aromatic heterocycles. The van der Waals surface area contributed by atoms with E-state index in [-0.39, 0.29) is 30.3 Å². The molecule has 2 rings (SSSR count). The van der Waals surface area contributed by atoms with E-state index in [2.05, 4.69) is 5.32 Å². The SMILES string of the molecule is CNc1cccc(N2CCS(=O)(=O)CC2)c1[N+](=O)[O-]. The molecule has 0 radical (unpaired) electrons. The zero-order valence-corrected chi connectivity index (χ0v) is 11.3. The van der Waals surface area contributed by atoms with E-state index in [0.717, 1.165) is 0 Å². The zero-order valence-electron chi connectivity index (χ0n) is 10.5. The average molecular weight is 285 g/mol. The van der Waals surface area contributed by atoms with Gasteiger partial charge >= 0.3 is 5.69 Å². The number of nitrogens with zero attached hydrogens (tertiary/aromatic N) is 2. The first-order valence-electron chi connectivity index (χ1n) is 5.85. The Morgan fingerprint density at radius 3 is 2.47 bits per heavy atom. The molecule has 1 aliphatic heterocycles. The number of sulfone groups is 1. The first-order valence-corrected chi connectivity index (χ1v) is 7.67. The number of benzene rings is 1. The first-order chi connectivity index (χ1) is 8.94. The molecular weight excluding hydrogens is 270 g/mol. The van der Waals surface area contributed by atoms with E-state index in [4.69, 9.17) is 0 Å². The molecule has 1 fully saturated rings. The second kappa shape index (κ2) is 5.04. The molecule has 1 N–H and O–H groups in total. The molecular formula is C11H15N3O4S. The van der Waals surface area contributed by atoms with Gasteiger partial charge in [-0.1, -0.05) is 6.07 Å². The van der Waals surface area contributed by atoms with E-state index in [1.54, 1.807) is 30.1 Å². The summed E-state index contributed by atoms with van der Waals surface area (Å²) in [6, 6.07) is 5.00. The molecule has 0 saturated carbocycles. The van der Waals surface area contributed by atoms with Crippen molar-refractivity contribution in [3.05, 3.63) is 28.3 Å². The van der Waals surface area contributed by atoms with Crippen LogP contribution in [0.25, 0.3) is 0 Å². The van der Waals surface area contributed by atoms with Crippen LogP contribution in [0.1, 0.15) is 0 Å². The number of nitro groups is 1. The second-order valence-electron chi connectivity index (χ2n) is 4.32. The lowest BCUT2D eigenvalue weighted by atomic mass is 10.2. The number of rotatable bonds is 3. The van der Waals surface area contributed by atoms with Gasteiger partial charge in [-0.2, -0.15) is 0 Å². The predicted molar refractivity (Wildman–Crippen MR) is 73.5 cm³/mol. The molecule has 1 aromatic carbocycles. The van der Waals surface area contributed by atoms with Gasteiger partial charge in [-0.15, -0.1) is 0 Å². The van der Waals surface area contributed by atoms with E-state index in [1.807, 2.05) is 0 Å². The molecule has 1 heterocycles. The Morgan fingerprint density at radius 1 is 1.32 bits per heavy atom. The first kappa shape index (κ1) is 13.6. The molecule has 0 amide bonds. The molecule has 0 bridgehead atoms. The molecule has 0 aliphatic carbocycles. The molecule has 0 spiro atoms. The maximum absolute atomic E-state index is 11.4. The number of hydrogen-bond acceptors (Lipinski definition) is 6. The zero-order chi connectivity index (χ0) is 14.0. The van der Waals surface area contributed by atoms with Gasteiger partial charge in [0.25, 0.3) is 0 Å². The van der Waals surface area contributed by atoms with Crippen molar-refractivity contribution in [3.63, 3.8) is 0 Å². The van der Waals surface area contributed by atoms with Gasteiger partial charge in [0.1, 0.15) is 11.4 Å². The lowest BCUT2D eigenvalue weighted by Gasteiger charge is -2.28. The third-order valence-corrected chi connectivity index (χ3v) is 4.76. The summed E-state index contributed by atoms with van der Waals surface area (Å²) in [6.07, 6.45) is 0. The number of para-hydroxylation sites is 1. The highest BCUT2D eigenvalue weighted by atomic mass is 32.2. The minimum absolute atomic E-state index is 0.00991. The molecule has 19 heavy (non-hydrogen) atoms. The maximum atomic E-state index is 11.4. The van der Waals surface area contributed by atoms with E-state index in [0.29, 0.717) is 11.4 Å². The van der Waals surface area contributed by atoms with Gasteiger partial charge in [0.15, 0.2) is 9.84 Å². The van der Waals surface area contributed by atoms with E-state index in [1.165, 1.54) is 0 Å². The van der Waals surface area contributed by atoms with Crippen LogP contribution in [0.15, 0.2) is 18.2 Å². The molecule has 1 aromatic rings. The van der Waals surface area contributed by atoms with Crippen LogP contribution in [0.4, 0.5) is 17.1 Å². The number of nitro benzene ring substituents is 1. The minimum atomic E-state index is -3.00. The van der Waals surface area contributed by atoms with Gasteiger partial charge in [-0.05, 0) is 12.1 Å². The van der Waals surface area contributed by atoms with Gasteiger partial charge in [0.05, 0.1) is 16.4 Å². The van der Waals surface area contributed by atoms with Crippen molar-refractivity contribution in [2.45, 2.75) is 0 Å². The molecule has 7 nitrogen and oxygen atoms in total. The number of anilines is 2. The van der Waals surface area contributed by atoms with Crippen LogP contribution in [-0.4, -0.2) is 45.0 Å². The highest BCUT2D eigenvalue weighted by molar-refractivity contribution is 7.91. The van der Waals surface area contributed by atoms with Gasteiger partial charge < -0.3 is 10.2 Å². The van der Waals surface area contributed by atoms with E-state index in [9.17, 15) is 18.5 Å². The fourth-order valence-corrected chi connectivity index (χ4v) is 3.33. The molecule has 0 unspecified atom stereocenters. The summed E-state index contributed by atoms with van der Waals surface area (Å²) < 4.78 is 22.8. The Kier molecular flexibility index (Phi) is 3.61. The van der Waals surface area contributed by atoms with Crippen LogP contribution in [0.5, 0.6) is 0 Å². The summed E-state index contributed by atoms with van der Waals surface area (Å²) >= 11 is 0. The highest BCUT2D eigenvalue weighted by Gasteiger charge is 2.28. The van der Waals surface area contributed by atoms with Gasteiger partial charge in [0, 0.05) is 20.1 Å². The summed E-state index contributed by atoms with van der Waals surface area (Å²) in [5, 5.41) is 14.0. The van der Waals surface area contributed by atoms with Crippen molar-refractivity contribution >= 4 is 26.9 Å². The largest absolute Gasteiger partial charge is 0.382 e. The van der Waals surface area contributed by atoms with Crippen LogP contribution >= 0.6 is 0 Å². The Labute approximate surface area is 111 Å². The van der Waals surface area contributed by atoms with Crippen molar-refractivity contribution in [2.75, 3.05) is 41.9 Å². The third-order valence-electron chi connectivity index (χ3n) is 3.15. The summed E-state index contributed by atoms with van der Waals surface area (Å²) in [6.45, 7) is 0.576. The lowest BCUT2D eigenvalue weighted by Crippen LogP contribution is -2.40. The van der Waals surface area contributed by atoms with Crippen LogP contribution in [0.3, 0.4) is 0 Å². The van der Waals surface area contributed by atoms with Crippen molar-refractivity contribution in [3.8, 4) is 0 Å². The van der Waals surface area contributed by atoms with Gasteiger partial charge in [-0.3, -0.25) is 10.1 Å².